The Morgan fingerprint density at radius 1 is 1.07 bits per heavy atom. The second kappa shape index (κ2) is 6.95. The number of hydrogen-bond acceptors (Lipinski definition) is 4. The number of nitrogens with one attached hydrogen (secondary N) is 1. The average Bonchev–Trinajstić information content (AvgIpc) is 2.94. The summed E-state index contributed by atoms with van der Waals surface area (Å²) in [7, 11) is 0. The highest BCUT2D eigenvalue weighted by Crippen LogP contribution is 2.31. The zero-order valence-electron chi connectivity index (χ0n) is 15.2. The predicted octanol–water partition coefficient (Wildman–Crippen LogP) is 3.57. The fraction of sp³-hybridized carbons (Fsp3) is 0.333. The highest BCUT2D eigenvalue weighted by Gasteiger charge is 2.40. The van der Waals surface area contributed by atoms with Crippen LogP contribution < -0.4 is 5.32 Å². The molecule has 0 atom stereocenters. The lowest BCUT2D eigenvalue weighted by molar-refractivity contribution is 0.0549. The number of anilines is 1. The second-order valence-electron chi connectivity index (χ2n) is 7.12. The van der Waals surface area contributed by atoms with E-state index in [0.717, 1.165) is 32.1 Å². The number of nitrogens with zero attached hydrogens (tertiary/aromatic N) is 2. The molecule has 2 aromatic rings. The Hall–Kier alpha value is -3.02. The van der Waals surface area contributed by atoms with Gasteiger partial charge in [-0.15, -0.1) is 0 Å². The van der Waals surface area contributed by atoms with Crippen LogP contribution in [0, 0.1) is 6.92 Å². The van der Waals surface area contributed by atoms with E-state index < -0.39 is 0 Å². The number of aryl methyl sites for hydroxylation is 1. The van der Waals surface area contributed by atoms with Gasteiger partial charge < -0.3 is 5.32 Å². The minimum absolute atomic E-state index is 0.0264. The molecule has 27 heavy (non-hydrogen) atoms. The number of hydrogen-bond donors (Lipinski definition) is 1. The number of carbonyl (C=O) groups excluding carboxylic acids is 3. The Morgan fingerprint density at radius 3 is 2.56 bits per heavy atom. The van der Waals surface area contributed by atoms with Crippen molar-refractivity contribution in [1.29, 1.82) is 0 Å². The van der Waals surface area contributed by atoms with Gasteiger partial charge >= 0.3 is 0 Å². The molecule has 6 heteroatoms. The average molecular weight is 363 g/mol. The summed E-state index contributed by atoms with van der Waals surface area (Å²) in [6.45, 7) is 1.81. The molecule has 0 radical (unpaired) electrons. The molecule has 1 N–H and O–H groups in total. The molecule has 1 aromatic carbocycles. The maximum atomic E-state index is 12.9. The van der Waals surface area contributed by atoms with E-state index in [1.54, 1.807) is 30.5 Å². The van der Waals surface area contributed by atoms with Crippen LogP contribution in [0.5, 0.6) is 0 Å². The Morgan fingerprint density at radius 2 is 1.81 bits per heavy atom. The van der Waals surface area contributed by atoms with E-state index in [0.29, 0.717) is 28.1 Å². The summed E-state index contributed by atoms with van der Waals surface area (Å²) in [5, 5.41) is 2.81. The summed E-state index contributed by atoms with van der Waals surface area (Å²) < 4.78 is 0. The van der Waals surface area contributed by atoms with Crippen molar-refractivity contribution in [3.63, 3.8) is 0 Å². The fourth-order valence-corrected chi connectivity index (χ4v) is 3.88. The normalized spacial score (nSPS) is 17.1. The van der Waals surface area contributed by atoms with Crippen LogP contribution in [0.2, 0.25) is 0 Å². The monoisotopic (exact) mass is 363 g/mol. The van der Waals surface area contributed by atoms with Crippen LogP contribution in [0.3, 0.4) is 0 Å². The zero-order valence-corrected chi connectivity index (χ0v) is 15.2. The number of fused-ring (bicyclic) bond motifs is 1. The third kappa shape index (κ3) is 3.12. The van der Waals surface area contributed by atoms with Crippen molar-refractivity contribution in [1.82, 2.24) is 9.88 Å². The standard InChI is InChI=1S/C21H21N3O3/c1-13-18(8-5-11-22-13)23-19(25)14-9-10-16-17(12-14)21(27)24(20(16)26)15-6-3-2-4-7-15/h5,8-12,15H,2-4,6-7H2,1H3,(H,23,25). The Labute approximate surface area is 157 Å². The summed E-state index contributed by atoms with van der Waals surface area (Å²) in [5.41, 5.74) is 2.39. The number of rotatable bonds is 3. The first-order chi connectivity index (χ1) is 13.1. The maximum Gasteiger partial charge on any atom is 0.261 e. The van der Waals surface area contributed by atoms with Crippen LogP contribution in [-0.4, -0.2) is 33.6 Å². The van der Waals surface area contributed by atoms with E-state index in [2.05, 4.69) is 10.3 Å². The first-order valence-corrected chi connectivity index (χ1v) is 9.31. The molecule has 1 aliphatic carbocycles. The van der Waals surface area contributed by atoms with Crippen molar-refractivity contribution in [3.8, 4) is 0 Å². The van der Waals surface area contributed by atoms with Gasteiger partial charge in [0.1, 0.15) is 0 Å². The van der Waals surface area contributed by atoms with Gasteiger partial charge in [-0.3, -0.25) is 24.3 Å². The molecule has 1 fully saturated rings. The highest BCUT2D eigenvalue weighted by molar-refractivity contribution is 6.22. The molecular formula is C21H21N3O3. The van der Waals surface area contributed by atoms with Crippen LogP contribution in [0.4, 0.5) is 5.69 Å². The molecular weight excluding hydrogens is 342 g/mol. The van der Waals surface area contributed by atoms with Gasteiger partial charge in [0.15, 0.2) is 0 Å². The topological polar surface area (TPSA) is 79.4 Å². The third-order valence-electron chi connectivity index (χ3n) is 5.38. The molecule has 2 aliphatic rings. The van der Waals surface area contributed by atoms with E-state index in [1.807, 2.05) is 6.92 Å². The molecule has 6 nitrogen and oxygen atoms in total. The van der Waals surface area contributed by atoms with Crippen molar-refractivity contribution in [2.24, 2.45) is 0 Å². The molecule has 1 aromatic heterocycles. The SMILES string of the molecule is Cc1ncccc1NC(=O)c1ccc2c(c1)C(=O)N(C1CCCCC1)C2=O. The van der Waals surface area contributed by atoms with Crippen molar-refractivity contribution in [2.75, 3.05) is 5.32 Å². The van der Waals surface area contributed by atoms with Crippen LogP contribution in [-0.2, 0) is 0 Å². The van der Waals surface area contributed by atoms with Crippen LogP contribution >= 0.6 is 0 Å². The minimum atomic E-state index is -0.328. The molecule has 0 saturated heterocycles. The smallest absolute Gasteiger partial charge is 0.261 e. The largest absolute Gasteiger partial charge is 0.320 e. The third-order valence-corrected chi connectivity index (χ3v) is 5.38. The number of benzene rings is 1. The predicted molar refractivity (Wildman–Crippen MR) is 101 cm³/mol. The quantitative estimate of drug-likeness (QED) is 0.846. The lowest BCUT2D eigenvalue weighted by Gasteiger charge is -2.29. The molecule has 3 amide bonds. The van der Waals surface area contributed by atoms with Gasteiger partial charge in [-0.2, -0.15) is 0 Å². The molecule has 2 heterocycles. The first kappa shape index (κ1) is 17.4. The van der Waals surface area contributed by atoms with Crippen molar-refractivity contribution < 1.29 is 14.4 Å². The van der Waals surface area contributed by atoms with Crippen LogP contribution in [0.15, 0.2) is 36.5 Å². The molecule has 1 aliphatic heterocycles. The summed E-state index contributed by atoms with van der Waals surface area (Å²) in [6, 6.07) is 8.20. The zero-order chi connectivity index (χ0) is 19.0. The fourth-order valence-electron chi connectivity index (χ4n) is 3.88. The summed E-state index contributed by atoms with van der Waals surface area (Å²) in [4.78, 5) is 43.7. The number of aromatic nitrogens is 1. The van der Waals surface area contributed by atoms with Crippen molar-refractivity contribution >= 4 is 23.4 Å². The number of imide groups is 1. The Bertz CT molecular complexity index is 932. The van der Waals surface area contributed by atoms with E-state index >= 15 is 0 Å². The van der Waals surface area contributed by atoms with Gasteiger partial charge in [0.05, 0.1) is 22.5 Å². The molecule has 0 bridgehead atoms. The Kier molecular flexibility index (Phi) is 4.48. The van der Waals surface area contributed by atoms with E-state index in [1.165, 1.54) is 11.0 Å². The Balaban J connectivity index is 1.59. The van der Waals surface area contributed by atoms with Crippen molar-refractivity contribution in [3.05, 3.63) is 58.9 Å². The van der Waals surface area contributed by atoms with Gasteiger partial charge in [-0.1, -0.05) is 19.3 Å². The highest BCUT2D eigenvalue weighted by atomic mass is 16.2. The second-order valence-corrected chi connectivity index (χ2v) is 7.12. The summed E-state index contributed by atoms with van der Waals surface area (Å²) >= 11 is 0. The molecule has 138 valence electrons. The van der Waals surface area contributed by atoms with Gasteiger partial charge in [0.25, 0.3) is 17.7 Å². The van der Waals surface area contributed by atoms with Gasteiger partial charge in [0, 0.05) is 17.8 Å². The van der Waals surface area contributed by atoms with Gasteiger partial charge in [-0.25, -0.2) is 0 Å². The summed E-state index contributed by atoms with van der Waals surface area (Å²) in [5.74, 6) is -0.851. The van der Waals surface area contributed by atoms with E-state index in [9.17, 15) is 14.4 Å². The first-order valence-electron chi connectivity index (χ1n) is 9.31. The van der Waals surface area contributed by atoms with Crippen molar-refractivity contribution in [2.45, 2.75) is 45.1 Å². The van der Waals surface area contributed by atoms with E-state index in [4.69, 9.17) is 0 Å². The number of pyridine rings is 1. The lowest BCUT2D eigenvalue weighted by atomic mass is 9.94. The van der Waals surface area contributed by atoms with Gasteiger partial charge in [-0.05, 0) is 50.1 Å². The lowest BCUT2D eigenvalue weighted by Crippen LogP contribution is -2.40. The van der Waals surface area contributed by atoms with Gasteiger partial charge in [0.2, 0.25) is 0 Å². The van der Waals surface area contributed by atoms with E-state index in [-0.39, 0.29) is 23.8 Å². The minimum Gasteiger partial charge on any atom is -0.320 e. The summed E-state index contributed by atoms with van der Waals surface area (Å²) in [6.07, 6.45) is 6.60. The number of amides is 3. The molecule has 0 unspecified atom stereocenters. The maximum absolute atomic E-state index is 12.9. The molecule has 4 rings (SSSR count). The number of carbonyl (C=O) groups is 3. The van der Waals surface area contributed by atoms with Crippen LogP contribution in [0.1, 0.15) is 68.9 Å². The molecule has 1 saturated carbocycles. The molecule has 0 spiro atoms. The van der Waals surface area contributed by atoms with Crippen LogP contribution in [0.25, 0.3) is 0 Å².